The molecule has 1 aromatic carbocycles. The third-order valence-corrected chi connectivity index (χ3v) is 3.91. The number of anilines is 1. The predicted molar refractivity (Wildman–Crippen MR) is 79.2 cm³/mol. The Bertz CT molecular complexity index is 434. The largest absolute Gasteiger partial charge is 0.360 e. The minimum absolute atomic E-state index is 0.774. The van der Waals surface area contributed by atoms with Crippen LogP contribution >= 0.6 is 0 Å². The van der Waals surface area contributed by atoms with Gasteiger partial charge in [0, 0.05) is 17.2 Å². The molecule has 3 heteroatoms. The fourth-order valence-electron chi connectivity index (χ4n) is 2.85. The second-order valence-electron chi connectivity index (χ2n) is 5.99. The molecule has 3 nitrogen and oxygen atoms in total. The van der Waals surface area contributed by atoms with E-state index in [4.69, 9.17) is 0 Å². The van der Waals surface area contributed by atoms with Crippen LogP contribution in [0.5, 0.6) is 0 Å². The van der Waals surface area contributed by atoms with Crippen molar-refractivity contribution in [3.8, 4) is 0 Å². The van der Waals surface area contributed by atoms with Crippen molar-refractivity contribution in [1.82, 2.24) is 0 Å². The van der Waals surface area contributed by atoms with E-state index in [1.807, 2.05) is 13.0 Å². The standard InChI is InChI=1S/C16H24N2O/c1-13(2)11-17-6-8-18(9-7-17)16-5-4-15(12-19)14(3)10-16/h4-5,10,12-13H,6-9,11H2,1-3H3/p+1. The van der Waals surface area contributed by atoms with Crippen molar-refractivity contribution in [3.05, 3.63) is 29.3 Å². The van der Waals surface area contributed by atoms with E-state index in [9.17, 15) is 4.79 Å². The summed E-state index contributed by atoms with van der Waals surface area (Å²) in [4.78, 5) is 15.0. The number of hydrogen-bond donors (Lipinski definition) is 1. The lowest BCUT2D eigenvalue weighted by Crippen LogP contribution is -3.15. The molecule has 0 aromatic heterocycles. The van der Waals surface area contributed by atoms with Crippen LogP contribution in [0.1, 0.15) is 29.8 Å². The van der Waals surface area contributed by atoms with Gasteiger partial charge in [-0.1, -0.05) is 13.8 Å². The van der Waals surface area contributed by atoms with E-state index in [0.29, 0.717) is 0 Å². The number of quaternary nitrogens is 1. The van der Waals surface area contributed by atoms with Crippen LogP contribution in [-0.2, 0) is 0 Å². The van der Waals surface area contributed by atoms with Gasteiger partial charge in [0.25, 0.3) is 0 Å². The number of aryl methyl sites for hydroxylation is 1. The lowest BCUT2D eigenvalue weighted by atomic mass is 10.1. The van der Waals surface area contributed by atoms with E-state index in [-0.39, 0.29) is 0 Å². The molecular weight excluding hydrogens is 236 g/mol. The Kier molecular flexibility index (Phi) is 4.59. The number of nitrogens with zero attached hydrogens (tertiary/aromatic N) is 1. The van der Waals surface area contributed by atoms with Crippen LogP contribution in [0.3, 0.4) is 0 Å². The number of aldehydes is 1. The normalized spacial score (nSPS) is 16.9. The molecule has 0 radical (unpaired) electrons. The second-order valence-corrected chi connectivity index (χ2v) is 5.99. The average molecular weight is 261 g/mol. The Morgan fingerprint density at radius 3 is 2.53 bits per heavy atom. The van der Waals surface area contributed by atoms with E-state index in [1.54, 1.807) is 4.90 Å². The molecule has 19 heavy (non-hydrogen) atoms. The monoisotopic (exact) mass is 261 g/mol. The van der Waals surface area contributed by atoms with Crippen LogP contribution < -0.4 is 9.80 Å². The zero-order valence-corrected chi connectivity index (χ0v) is 12.3. The summed E-state index contributed by atoms with van der Waals surface area (Å²) < 4.78 is 0. The molecular formula is C16H25N2O+. The van der Waals surface area contributed by atoms with Gasteiger partial charge in [-0.3, -0.25) is 4.79 Å². The fraction of sp³-hybridized carbons (Fsp3) is 0.562. The van der Waals surface area contributed by atoms with Gasteiger partial charge in [-0.15, -0.1) is 0 Å². The van der Waals surface area contributed by atoms with Crippen molar-refractivity contribution < 1.29 is 9.69 Å². The fourth-order valence-corrected chi connectivity index (χ4v) is 2.85. The molecule has 1 aliphatic heterocycles. The number of nitrogens with one attached hydrogen (secondary N) is 1. The van der Waals surface area contributed by atoms with E-state index in [1.165, 1.54) is 25.3 Å². The van der Waals surface area contributed by atoms with Crippen molar-refractivity contribution in [3.63, 3.8) is 0 Å². The highest BCUT2D eigenvalue weighted by atomic mass is 16.1. The highest BCUT2D eigenvalue weighted by Crippen LogP contribution is 2.18. The molecule has 0 saturated carbocycles. The molecule has 1 aromatic rings. The number of hydrogen-bond acceptors (Lipinski definition) is 2. The predicted octanol–water partition coefficient (Wildman–Crippen LogP) is 1.17. The molecule has 0 unspecified atom stereocenters. The number of rotatable bonds is 4. The maximum atomic E-state index is 10.8. The van der Waals surface area contributed by atoms with Gasteiger partial charge in [-0.25, -0.2) is 0 Å². The van der Waals surface area contributed by atoms with Crippen molar-refractivity contribution in [2.45, 2.75) is 20.8 Å². The van der Waals surface area contributed by atoms with Gasteiger partial charge < -0.3 is 9.80 Å². The average Bonchev–Trinajstić information content (AvgIpc) is 2.39. The Labute approximate surface area is 116 Å². The van der Waals surface area contributed by atoms with Gasteiger partial charge in [0.05, 0.1) is 32.7 Å². The quantitative estimate of drug-likeness (QED) is 0.823. The molecule has 0 amide bonds. The van der Waals surface area contributed by atoms with Crippen molar-refractivity contribution in [2.24, 2.45) is 5.92 Å². The molecule has 0 bridgehead atoms. The minimum Gasteiger partial charge on any atom is -0.360 e. The zero-order valence-electron chi connectivity index (χ0n) is 12.3. The summed E-state index contributed by atoms with van der Waals surface area (Å²) in [7, 11) is 0. The maximum absolute atomic E-state index is 10.8. The van der Waals surface area contributed by atoms with Gasteiger partial charge in [-0.2, -0.15) is 0 Å². The summed E-state index contributed by atoms with van der Waals surface area (Å²) in [5.74, 6) is 0.774. The van der Waals surface area contributed by atoms with Crippen molar-refractivity contribution in [2.75, 3.05) is 37.6 Å². The molecule has 1 aliphatic rings. The molecule has 1 N–H and O–H groups in total. The van der Waals surface area contributed by atoms with Crippen LogP contribution in [-0.4, -0.2) is 39.0 Å². The van der Waals surface area contributed by atoms with Gasteiger partial charge in [0.1, 0.15) is 6.29 Å². The Morgan fingerprint density at radius 1 is 1.32 bits per heavy atom. The lowest BCUT2D eigenvalue weighted by molar-refractivity contribution is -0.903. The molecule has 2 rings (SSSR count). The highest BCUT2D eigenvalue weighted by molar-refractivity contribution is 5.78. The smallest absolute Gasteiger partial charge is 0.150 e. The first-order valence-electron chi connectivity index (χ1n) is 7.24. The summed E-state index contributed by atoms with van der Waals surface area (Å²) >= 11 is 0. The molecule has 1 saturated heterocycles. The van der Waals surface area contributed by atoms with Gasteiger partial charge in [0.2, 0.25) is 0 Å². The minimum atomic E-state index is 0.774. The summed E-state index contributed by atoms with van der Waals surface area (Å²) in [6, 6.07) is 6.15. The molecule has 1 fully saturated rings. The SMILES string of the molecule is Cc1cc(N2CC[NH+](CC(C)C)CC2)ccc1C=O. The number of benzene rings is 1. The number of carbonyl (C=O) groups excluding carboxylic acids is 1. The zero-order chi connectivity index (χ0) is 13.8. The van der Waals surface area contributed by atoms with Crippen LogP contribution in [0.4, 0.5) is 5.69 Å². The Morgan fingerprint density at radius 2 is 2.00 bits per heavy atom. The van der Waals surface area contributed by atoms with E-state index in [2.05, 4.69) is 30.9 Å². The molecule has 104 valence electrons. The topological polar surface area (TPSA) is 24.8 Å². The first kappa shape index (κ1) is 14.1. The molecule has 1 heterocycles. The van der Waals surface area contributed by atoms with Crippen molar-refractivity contribution >= 4 is 12.0 Å². The van der Waals surface area contributed by atoms with E-state index < -0.39 is 0 Å². The van der Waals surface area contributed by atoms with Crippen LogP contribution in [0.15, 0.2) is 18.2 Å². The molecule has 0 atom stereocenters. The van der Waals surface area contributed by atoms with Gasteiger partial charge in [-0.05, 0) is 30.7 Å². The Balaban J connectivity index is 1.97. The number of piperazine rings is 1. The summed E-state index contributed by atoms with van der Waals surface area (Å²) in [6.07, 6.45) is 0.934. The van der Waals surface area contributed by atoms with Crippen LogP contribution in [0, 0.1) is 12.8 Å². The second kappa shape index (κ2) is 6.20. The highest BCUT2D eigenvalue weighted by Gasteiger charge is 2.20. The Hall–Kier alpha value is -1.35. The number of carbonyl (C=O) groups is 1. The van der Waals surface area contributed by atoms with Crippen LogP contribution in [0.2, 0.25) is 0 Å². The summed E-state index contributed by atoms with van der Waals surface area (Å²) in [5.41, 5.74) is 3.13. The van der Waals surface area contributed by atoms with E-state index >= 15 is 0 Å². The summed E-state index contributed by atoms with van der Waals surface area (Å²) in [5, 5.41) is 0. The lowest BCUT2D eigenvalue weighted by Gasteiger charge is -2.34. The van der Waals surface area contributed by atoms with E-state index in [0.717, 1.165) is 36.4 Å². The van der Waals surface area contributed by atoms with Gasteiger partial charge in [0.15, 0.2) is 0 Å². The third kappa shape index (κ3) is 3.57. The first-order valence-corrected chi connectivity index (χ1v) is 7.24. The molecule has 0 aliphatic carbocycles. The summed E-state index contributed by atoms with van der Waals surface area (Å²) in [6.45, 7) is 12.5. The van der Waals surface area contributed by atoms with Crippen molar-refractivity contribution in [1.29, 1.82) is 0 Å². The van der Waals surface area contributed by atoms with Gasteiger partial charge >= 0.3 is 0 Å². The molecule has 0 spiro atoms. The maximum Gasteiger partial charge on any atom is 0.150 e. The first-order chi connectivity index (χ1) is 9.10. The third-order valence-electron chi connectivity index (χ3n) is 3.91. The van der Waals surface area contributed by atoms with Crippen LogP contribution in [0.25, 0.3) is 0 Å².